The van der Waals surface area contributed by atoms with Crippen molar-refractivity contribution in [3.05, 3.63) is 161 Å². The van der Waals surface area contributed by atoms with E-state index in [0.717, 1.165) is 28.9 Å². The number of benzene rings is 5. The van der Waals surface area contributed by atoms with E-state index in [1.54, 1.807) is 60.7 Å². The summed E-state index contributed by atoms with van der Waals surface area (Å²) in [5.74, 6) is -3.24. The molecule has 294 valence electrons. The van der Waals surface area contributed by atoms with Gasteiger partial charge in [0.15, 0.2) is 30.7 Å². The molecule has 1 fully saturated rings. The van der Waals surface area contributed by atoms with Gasteiger partial charge in [0.2, 0.25) is 0 Å². The smallest absolute Gasteiger partial charge is 0.339 e. The Bertz CT molecular complexity index is 2440. The normalized spacial score (nSPS) is 19.3. The molecule has 0 bridgehead atoms. The van der Waals surface area contributed by atoms with E-state index in [9.17, 15) is 24.7 Å². The largest absolute Gasteiger partial charge is 0.490 e. The molecule has 5 aromatic carbocycles. The Morgan fingerprint density at radius 1 is 0.690 bits per heavy atom. The molecule has 6 aromatic rings. The Labute approximate surface area is 330 Å². The Balaban J connectivity index is 1.27. The number of hydrogen-bond acceptors (Lipinski definition) is 12. The molecular formula is C43H36N4O11. The second-order valence-corrected chi connectivity index (χ2v) is 13.0. The van der Waals surface area contributed by atoms with Crippen LogP contribution in [0.25, 0.3) is 32.2 Å². The molecule has 58 heavy (non-hydrogen) atoms. The predicted octanol–water partition coefficient (Wildman–Crippen LogP) is 6.97. The summed E-state index contributed by atoms with van der Waals surface area (Å²) in [5.41, 5.74) is 11.4. The number of nitrogens with zero attached hydrogens (tertiary/aromatic N) is 3. The van der Waals surface area contributed by atoms with Crippen molar-refractivity contribution in [2.24, 2.45) is 5.11 Å². The minimum Gasteiger partial charge on any atom is -0.490 e. The highest BCUT2D eigenvalue weighted by molar-refractivity contribution is 6.10. The van der Waals surface area contributed by atoms with Crippen LogP contribution in [0.1, 0.15) is 31.1 Å². The van der Waals surface area contributed by atoms with Crippen molar-refractivity contribution in [3.63, 3.8) is 0 Å². The zero-order valence-electron chi connectivity index (χ0n) is 30.9. The van der Waals surface area contributed by atoms with Gasteiger partial charge in [0, 0.05) is 21.2 Å². The number of azide groups is 1. The van der Waals surface area contributed by atoms with Crippen LogP contribution in [0.3, 0.4) is 0 Å². The number of rotatable bonds is 14. The van der Waals surface area contributed by atoms with E-state index in [-0.39, 0.29) is 29.8 Å². The van der Waals surface area contributed by atoms with Crippen molar-refractivity contribution in [2.45, 2.75) is 36.8 Å². The number of H-pyrrole nitrogens is 1. The van der Waals surface area contributed by atoms with Crippen LogP contribution < -0.4 is 4.74 Å². The molecule has 1 aromatic heterocycles. The number of carbonyl (C=O) groups excluding carboxylic acids is 4. The van der Waals surface area contributed by atoms with Crippen molar-refractivity contribution in [2.75, 3.05) is 20.3 Å². The first-order chi connectivity index (χ1) is 28.3. The Hall–Kier alpha value is -7.19. The van der Waals surface area contributed by atoms with Crippen LogP contribution in [0.2, 0.25) is 0 Å². The van der Waals surface area contributed by atoms with Gasteiger partial charge >= 0.3 is 23.9 Å². The summed E-state index contributed by atoms with van der Waals surface area (Å²) in [5, 5.41) is 5.41. The molecule has 0 unspecified atom stereocenters. The van der Waals surface area contributed by atoms with Crippen LogP contribution in [0.4, 0.5) is 0 Å². The summed E-state index contributed by atoms with van der Waals surface area (Å²) >= 11 is 0. The molecule has 0 spiro atoms. The fourth-order valence-electron chi connectivity index (χ4n) is 6.54. The van der Waals surface area contributed by atoms with E-state index in [1.165, 1.54) is 36.4 Å². The summed E-state index contributed by atoms with van der Waals surface area (Å²) in [7, 11) is 1.09. The van der Waals surface area contributed by atoms with Crippen LogP contribution in [0.5, 0.6) is 5.75 Å². The van der Waals surface area contributed by atoms with Gasteiger partial charge in [-0.2, -0.15) is 0 Å². The van der Waals surface area contributed by atoms with Crippen molar-refractivity contribution in [1.82, 2.24) is 4.98 Å². The van der Waals surface area contributed by atoms with Crippen LogP contribution >= 0.6 is 0 Å². The lowest BCUT2D eigenvalue weighted by atomic mass is 9.97. The average molecular weight is 785 g/mol. The highest BCUT2D eigenvalue weighted by atomic mass is 16.7. The number of nitrogens with one attached hydrogen (secondary N) is 1. The molecule has 15 heteroatoms. The summed E-state index contributed by atoms with van der Waals surface area (Å²) in [6.07, 6.45) is -9.83. The maximum absolute atomic E-state index is 13.8. The minimum absolute atomic E-state index is 0.100. The molecule has 1 N–H and O–H groups in total. The van der Waals surface area contributed by atoms with E-state index >= 15 is 0 Å². The van der Waals surface area contributed by atoms with Gasteiger partial charge in [0.25, 0.3) is 0 Å². The molecule has 0 saturated carbocycles. The van der Waals surface area contributed by atoms with E-state index in [4.69, 9.17) is 33.2 Å². The molecule has 6 atom stereocenters. The van der Waals surface area contributed by atoms with Crippen molar-refractivity contribution < 1.29 is 52.3 Å². The fraction of sp³-hybridized carbons (Fsp3) is 0.209. The lowest BCUT2D eigenvalue weighted by Crippen LogP contribution is -2.64. The topological polar surface area (TPSA) is 197 Å². The third kappa shape index (κ3) is 8.77. The molecule has 7 rings (SSSR count). The summed E-state index contributed by atoms with van der Waals surface area (Å²) < 4.78 is 41.9. The monoisotopic (exact) mass is 784 g/mol. The van der Waals surface area contributed by atoms with Gasteiger partial charge in [-0.15, -0.1) is 0 Å². The number of carbonyl (C=O) groups is 4. The van der Waals surface area contributed by atoms with Gasteiger partial charge < -0.3 is 38.1 Å². The van der Waals surface area contributed by atoms with Crippen molar-refractivity contribution in [3.8, 4) is 5.75 Å². The number of fused-ring (bicyclic) bond motifs is 3. The highest BCUT2D eigenvalue weighted by Gasteiger charge is 2.56. The third-order valence-electron chi connectivity index (χ3n) is 9.28. The van der Waals surface area contributed by atoms with Gasteiger partial charge in [0.05, 0.1) is 35.9 Å². The standard InChI is InChI=1S/C43H36N4O11/c1-52-42(51)37-35(55-39(48)26-14-5-2-6-15-26)36(56-40(49)27-16-7-3-8-17-27)38(57-41(50)28-18-9-4-10-19-28)43(58-37)54-29(24-45-47-44)25-53-33-23-13-22-32-34(33)30-20-11-12-21-31(30)46-32/h2-23,29,35-38,43,46H,24-25H2,1H3/t29-,35-,36-,37-,38+,43+/m0/s1. The molecular weight excluding hydrogens is 748 g/mol. The van der Waals surface area contributed by atoms with Gasteiger partial charge in [-0.1, -0.05) is 84.0 Å². The molecule has 2 heterocycles. The van der Waals surface area contributed by atoms with E-state index < -0.39 is 60.7 Å². The van der Waals surface area contributed by atoms with E-state index in [1.807, 2.05) is 36.4 Å². The third-order valence-corrected chi connectivity index (χ3v) is 9.28. The first-order valence-electron chi connectivity index (χ1n) is 18.1. The van der Waals surface area contributed by atoms with Gasteiger partial charge in [-0.25, -0.2) is 19.2 Å². The van der Waals surface area contributed by atoms with Gasteiger partial charge in [0.1, 0.15) is 18.5 Å². The number of methoxy groups -OCH3 is 1. The van der Waals surface area contributed by atoms with Crippen LogP contribution in [0, 0.1) is 0 Å². The number of aromatic nitrogens is 1. The maximum atomic E-state index is 13.8. The molecule has 0 radical (unpaired) electrons. The second-order valence-electron chi connectivity index (χ2n) is 13.0. The first kappa shape index (κ1) is 39.1. The molecule has 1 aliphatic rings. The summed E-state index contributed by atoms with van der Waals surface area (Å²) in [6.45, 7) is -0.552. The summed E-state index contributed by atoms with van der Waals surface area (Å²) in [4.78, 5) is 61.0. The zero-order chi connectivity index (χ0) is 40.4. The Kier molecular flexibility index (Phi) is 12.2. The maximum Gasteiger partial charge on any atom is 0.339 e. The van der Waals surface area contributed by atoms with Crippen molar-refractivity contribution >= 4 is 45.7 Å². The molecule has 1 saturated heterocycles. The lowest BCUT2D eigenvalue weighted by molar-refractivity contribution is -0.302. The SMILES string of the molecule is COC(=O)[C@H]1O[C@@H](O[C@@H](CN=[N+]=[N-])COc2cccc3[nH]c4ccccc4c23)[C@H](OC(=O)c2ccccc2)[C@@H](OC(=O)c2ccccc2)[C@@H]1OC(=O)c1ccccc1. The van der Waals surface area contributed by atoms with Crippen LogP contribution in [-0.4, -0.2) is 85.9 Å². The lowest BCUT2D eigenvalue weighted by Gasteiger charge is -2.44. The number of aromatic amines is 1. The number of hydrogen-bond donors (Lipinski definition) is 1. The molecule has 15 nitrogen and oxygen atoms in total. The van der Waals surface area contributed by atoms with Crippen LogP contribution in [-0.2, 0) is 33.2 Å². The summed E-state index contributed by atoms with van der Waals surface area (Å²) in [6, 6.07) is 36.9. The Morgan fingerprint density at radius 3 is 1.81 bits per heavy atom. The highest BCUT2D eigenvalue weighted by Crippen LogP contribution is 2.35. The second kappa shape index (κ2) is 18.2. The first-order valence-corrected chi connectivity index (χ1v) is 18.1. The number of esters is 4. The van der Waals surface area contributed by atoms with E-state index in [2.05, 4.69) is 15.0 Å². The van der Waals surface area contributed by atoms with Crippen LogP contribution in [0.15, 0.2) is 139 Å². The minimum atomic E-state index is -1.79. The molecule has 1 aliphatic heterocycles. The quantitative estimate of drug-likeness (QED) is 0.0394. The average Bonchev–Trinajstić information content (AvgIpc) is 3.66. The van der Waals surface area contributed by atoms with E-state index in [0.29, 0.717) is 5.75 Å². The molecule has 0 amide bonds. The molecule has 0 aliphatic carbocycles. The van der Waals surface area contributed by atoms with Gasteiger partial charge in [-0.05, 0) is 60.1 Å². The number of ether oxygens (including phenoxy) is 7. The fourth-order valence-corrected chi connectivity index (χ4v) is 6.54. The Morgan fingerprint density at radius 2 is 1.22 bits per heavy atom. The predicted molar refractivity (Wildman–Crippen MR) is 208 cm³/mol. The van der Waals surface area contributed by atoms with Gasteiger partial charge in [-0.3, -0.25) is 0 Å². The number of para-hydroxylation sites is 1. The van der Waals surface area contributed by atoms with Crippen molar-refractivity contribution in [1.29, 1.82) is 0 Å². The zero-order valence-corrected chi connectivity index (χ0v) is 30.9.